The summed E-state index contributed by atoms with van der Waals surface area (Å²) in [7, 11) is 1.28. The zero-order valence-corrected chi connectivity index (χ0v) is 18.0. The van der Waals surface area contributed by atoms with Crippen molar-refractivity contribution in [3.8, 4) is 0 Å². The lowest BCUT2D eigenvalue weighted by Crippen LogP contribution is -2.47. The van der Waals surface area contributed by atoms with Crippen LogP contribution in [0.25, 0.3) is 16.3 Å². The number of ether oxygens (including phenoxy) is 1. The maximum Gasteiger partial charge on any atom is 0.330 e. The molecule has 0 unspecified atom stereocenters. The Balaban J connectivity index is 1.53. The summed E-state index contributed by atoms with van der Waals surface area (Å²) in [4.78, 5) is 37.8. The van der Waals surface area contributed by atoms with Crippen molar-refractivity contribution in [3.05, 3.63) is 57.2 Å². The first-order chi connectivity index (χ1) is 15.0. The van der Waals surface area contributed by atoms with Gasteiger partial charge in [0.1, 0.15) is 22.7 Å². The number of aryl methyl sites for hydroxylation is 1. The molecule has 0 atom stereocenters. The van der Waals surface area contributed by atoms with Crippen LogP contribution < -0.4 is 9.80 Å². The molecule has 0 N–H and O–H groups in total. The Hall–Kier alpha value is -3.53. The lowest BCUT2D eigenvalue weighted by atomic mass is 10.1. The van der Waals surface area contributed by atoms with Crippen LogP contribution in [0.5, 0.6) is 0 Å². The number of piperazine rings is 1. The second-order valence-corrected chi connectivity index (χ2v) is 8.34. The molecule has 1 aromatic carbocycles. The SMILES string of the molecule is COC(=O)/C=C/c1ccc(N2CCN(c3ncnc4sc(C)cc34)CC2)c([N+](=O)[O-])c1. The highest BCUT2D eigenvalue weighted by atomic mass is 32.1. The third kappa shape index (κ3) is 4.33. The third-order valence-corrected chi connectivity index (χ3v) is 6.12. The van der Waals surface area contributed by atoms with Crippen molar-refractivity contribution in [1.82, 2.24) is 9.97 Å². The Morgan fingerprint density at radius 1 is 1.19 bits per heavy atom. The van der Waals surface area contributed by atoms with Gasteiger partial charge in [-0.1, -0.05) is 6.07 Å². The van der Waals surface area contributed by atoms with Gasteiger partial charge in [-0.15, -0.1) is 11.3 Å². The first-order valence-electron chi connectivity index (χ1n) is 9.72. The summed E-state index contributed by atoms with van der Waals surface area (Å²) in [6.45, 7) is 4.71. The van der Waals surface area contributed by atoms with Crippen molar-refractivity contribution in [2.45, 2.75) is 6.92 Å². The Morgan fingerprint density at radius 3 is 2.65 bits per heavy atom. The number of esters is 1. The van der Waals surface area contributed by atoms with Crippen LogP contribution in [0.4, 0.5) is 17.2 Å². The van der Waals surface area contributed by atoms with Crippen molar-refractivity contribution in [3.63, 3.8) is 0 Å². The molecular weight excluding hydrogens is 418 g/mol. The largest absolute Gasteiger partial charge is 0.466 e. The van der Waals surface area contributed by atoms with Crippen LogP contribution in [-0.2, 0) is 9.53 Å². The van der Waals surface area contributed by atoms with Crippen molar-refractivity contribution in [2.75, 3.05) is 43.1 Å². The fourth-order valence-corrected chi connectivity index (χ4v) is 4.51. The van der Waals surface area contributed by atoms with Gasteiger partial charge < -0.3 is 14.5 Å². The summed E-state index contributed by atoms with van der Waals surface area (Å²) in [5, 5.41) is 12.7. The van der Waals surface area contributed by atoms with E-state index < -0.39 is 5.97 Å². The van der Waals surface area contributed by atoms with Crippen molar-refractivity contribution >= 4 is 50.8 Å². The number of nitro benzene ring substituents is 1. The fourth-order valence-electron chi connectivity index (χ4n) is 3.66. The molecule has 1 aliphatic rings. The van der Waals surface area contributed by atoms with Crippen molar-refractivity contribution in [2.24, 2.45) is 0 Å². The molecule has 2 aromatic heterocycles. The van der Waals surface area contributed by atoms with Gasteiger partial charge >= 0.3 is 5.97 Å². The molecule has 3 heterocycles. The predicted octanol–water partition coefficient (Wildman–Crippen LogP) is 3.42. The predicted molar refractivity (Wildman–Crippen MR) is 121 cm³/mol. The average molecular weight is 439 g/mol. The molecule has 1 fully saturated rings. The first-order valence-corrected chi connectivity index (χ1v) is 10.5. The zero-order valence-electron chi connectivity index (χ0n) is 17.1. The molecule has 10 heteroatoms. The number of methoxy groups -OCH3 is 1. The number of fused-ring (bicyclic) bond motifs is 1. The van der Waals surface area contributed by atoms with E-state index in [1.807, 2.05) is 4.90 Å². The van der Waals surface area contributed by atoms with E-state index in [9.17, 15) is 14.9 Å². The molecule has 0 aliphatic carbocycles. The Morgan fingerprint density at radius 2 is 1.94 bits per heavy atom. The smallest absolute Gasteiger partial charge is 0.330 e. The highest BCUT2D eigenvalue weighted by Gasteiger charge is 2.25. The van der Waals surface area contributed by atoms with Gasteiger partial charge in [0.15, 0.2) is 0 Å². The Labute approximate surface area is 182 Å². The minimum Gasteiger partial charge on any atom is -0.466 e. The molecule has 0 radical (unpaired) electrons. The zero-order chi connectivity index (χ0) is 22.0. The summed E-state index contributed by atoms with van der Waals surface area (Å²) < 4.78 is 4.56. The van der Waals surface area contributed by atoms with E-state index in [0.29, 0.717) is 37.4 Å². The number of aromatic nitrogens is 2. The molecule has 0 saturated carbocycles. The molecule has 4 rings (SSSR count). The number of anilines is 2. The van der Waals surface area contributed by atoms with Crippen molar-refractivity contribution < 1.29 is 14.5 Å². The van der Waals surface area contributed by atoms with Crippen LogP contribution >= 0.6 is 11.3 Å². The Kier molecular flexibility index (Phi) is 5.81. The Bertz CT molecular complexity index is 1170. The maximum atomic E-state index is 11.7. The quantitative estimate of drug-likeness (QED) is 0.258. The molecule has 0 bridgehead atoms. The van der Waals surface area contributed by atoms with Crippen LogP contribution in [-0.4, -0.2) is 54.1 Å². The van der Waals surface area contributed by atoms with E-state index in [2.05, 4.69) is 32.6 Å². The standard InChI is InChI=1S/C21H21N5O4S/c1-14-11-16-20(22-13-23-21(16)31-14)25-9-7-24(8-10-25)17-5-3-15(4-6-19(27)30-2)12-18(17)26(28)29/h3-6,11-13H,7-10H2,1-2H3/b6-4+. The van der Waals surface area contributed by atoms with Gasteiger partial charge in [-0.2, -0.15) is 0 Å². The number of hydrogen-bond donors (Lipinski definition) is 0. The van der Waals surface area contributed by atoms with Crippen LogP contribution in [0.2, 0.25) is 0 Å². The van der Waals surface area contributed by atoms with Crippen LogP contribution in [0, 0.1) is 17.0 Å². The van der Waals surface area contributed by atoms with E-state index in [1.54, 1.807) is 29.8 Å². The molecule has 31 heavy (non-hydrogen) atoms. The van der Waals surface area contributed by atoms with Crippen LogP contribution in [0.3, 0.4) is 0 Å². The molecule has 3 aromatic rings. The molecule has 1 saturated heterocycles. The van der Waals surface area contributed by atoms with E-state index in [1.165, 1.54) is 30.2 Å². The molecule has 9 nitrogen and oxygen atoms in total. The van der Waals surface area contributed by atoms with Gasteiger partial charge in [-0.25, -0.2) is 14.8 Å². The number of rotatable bonds is 5. The number of carbonyl (C=O) groups is 1. The van der Waals surface area contributed by atoms with Gasteiger partial charge in [0.2, 0.25) is 0 Å². The molecule has 1 aliphatic heterocycles. The molecule has 0 amide bonds. The summed E-state index contributed by atoms with van der Waals surface area (Å²) >= 11 is 1.64. The monoisotopic (exact) mass is 439 g/mol. The minimum absolute atomic E-state index is 0.0124. The fraction of sp³-hybridized carbons (Fsp3) is 0.286. The van der Waals surface area contributed by atoms with Gasteiger partial charge in [0.05, 0.1) is 17.4 Å². The highest BCUT2D eigenvalue weighted by Crippen LogP contribution is 2.33. The van der Waals surface area contributed by atoms with Crippen LogP contribution in [0.15, 0.2) is 36.7 Å². The molecular formula is C21H21N5O4S. The summed E-state index contributed by atoms with van der Waals surface area (Å²) in [5.74, 6) is 0.397. The van der Waals surface area contributed by atoms with Gasteiger partial charge in [-0.3, -0.25) is 10.1 Å². The lowest BCUT2D eigenvalue weighted by Gasteiger charge is -2.36. The molecule has 0 spiro atoms. The summed E-state index contributed by atoms with van der Waals surface area (Å²) in [6, 6.07) is 7.07. The first kappa shape index (κ1) is 20.7. The second kappa shape index (κ2) is 8.68. The third-order valence-electron chi connectivity index (χ3n) is 5.16. The van der Waals surface area contributed by atoms with E-state index in [0.717, 1.165) is 16.0 Å². The maximum absolute atomic E-state index is 11.7. The van der Waals surface area contributed by atoms with E-state index >= 15 is 0 Å². The highest BCUT2D eigenvalue weighted by molar-refractivity contribution is 7.18. The second-order valence-electron chi connectivity index (χ2n) is 7.11. The van der Waals surface area contributed by atoms with Gasteiger partial charge in [-0.05, 0) is 30.7 Å². The molecule has 160 valence electrons. The van der Waals surface area contributed by atoms with Crippen molar-refractivity contribution in [1.29, 1.82) is 0 Å². The number of hydrogen-bond acceptors (Lipinski definition) is 9. The van der Waals surface area contributed by atoms with E-state index in [-0.39, 0.29) is 10.6 Å². The summed E-state index contributed by atoms with van der Waals surface area (Å²) in [5.41, 5.74) is 1.15. The average Bonchev–Trinajstić information content (AvgIpc) is 3.17. The van der Waals surface area contributed by atoms with Crippen LogP contribution in [0.1, 0.15) is 10.4 Å². The number of carbonyl (C=O) groups excluding carboxylic acids is 1. The number of nitrogens with zero attached hydrogens (tertiary/aromatic N) is 5. The number of thiophene rings is 1. The van der Waals surface area contributed by atoms with Gasteiger partial charge in [0, 0.05) is 43.2 Å². The minimum atomic E-state index is -0.512. The normalized spacial score (nSPS) is 14.4. The lowest BCUT2D eigenvalue weighted by molar-refractivity contribution is -0.384. The number of benzene rings is 1. The number of nitro groups is 1. The summed E-state index contributed by atoms with van der Waals surface area (Å²) in [6.07, 6.45) is 4.33. The van der Waals surface area contributed by atoms with Gasteiger partial charge in [0.25, 0.3) is 5.69 Å². The topological polar surface area (TPSA) is 102 Å². The van der Waals surface area contributed by atoms with E-state index in [4.69, 9.17) is 0 Å².